The van der Waals surface area contributed by atoms with Crippen LogP contribution in [0.25, 0.3) is 0 Å². The molecule has 86 valence electrons. The van der Waals surface area contributed by atoms with Crippen molar-refractivity contribution in [1.29, 1.82) is 0 Å². The maximum absolute atomic E-state index is 11.0. The summed E-state index contributed by atoms with van der Waals surface area (Å²) in [6.07, 6.45) is 2.13. The van der Waals surface area contributed by atoms with Crippen LogP contribution < -0.4 is 15.4 Å². The zero-order chi connectivity index (χ0) is 11.5. The summed E-state index contributed by atoms with van der Waals surface area (Å²) in [5.41, 5.74) is 3.06. The highest BCUT2D eigenvalue weighted by molar-refractivity contribution is 5.90. The summed E-state index contributed by atoms with van der Waals surface area (Å²) in [7, 11) is 1.64. The zero-order valence-electron chi connectivity index (χ0n) is 9.59. The van der Waals surface area contributed by atoms with Crippen LogP contribution in [0.1, 0.15) is 18.9 Å². The minimum absolute atomic E-state index is 0.0641. The molecule has 1 aromatic carbocycles. The van der Waals surface area contributed by atoms with E-state index >= 15 is 0 Å². The van der Waals surface area contributed by atoms with Gasteiger partial charge in [0.25, 0.3) is 0 Å². The van der Waals surface area contributed by atoms with E-state index in [1.165, 1.54) is 12.5 Å². The molecule has 16 heavy (non-hydrogen) atoms. The highest BCUT2D eigenvalue weighted by atomic mass is 16.5. The Kier molecular flexibility index (Phi) is 2.99. The fourth-order valence-electron chi connectivity index (χ4n) is 2.00. The molecular weight excluding hydrogens is 204 g/mol. The second-order valence-corrected chi connectivity index (χ2v) is 3.92. The van der Waals surface area contributed by atoms with Crippen molar-refractivity contribution in [2.24, 2.45) is 0 Å². The predicted octanol–water partition coefficient (Wildman–Crippen LogP) is 2.01. The number of carbonyl (C=O) groups excluding carboxylic acids is 1. The second kappa shape index (κ2) is 4.43. The van der Waals surface area contributed by atoms with E-state index in [1.54, 1.807) is 7.11 Å². The fourth-order valence-corrected chi connectivity index (χ4v) is 2.00. The molecule has 0 bridgehead atoms. The number of amides is 1. The van der Waals surface area contributed by atoms with Crippen molar-refractivity contribution in [1.82, 2.24) is 0 Å². The third kappa shape index (κ3) is 2.10. The number of carbonyl (C=O) groups is 1. The van der Waals surface area contributed by atoms with E-state index in [-0.39, 0.29) is 5.91 Å². The van der Waals surface area contributed by atoms with Gasteiger partial charge in [-0.3, -0.25) is 4.79 Å². The summed E-state index contributed by atoms with van der Waals surface area (Å²) in [5, 5.41) is 6.11. The fraction of sp³-hybridized carbons (Fsp3) is 0.417. The molecule has 1 aromatic rings. The average molecular weight is 220 g/mol. The van der Waals surface area contributed by atoms with E-state index in [0.717, 1.165) is 36.5 Å². The van der Waals surface area contributed by atoms with E-state index in [1.807, 2.05) is 12.1 Å². The highest BCUT2D eigenvalue weighted by Crippen LogP contribution is 2.35. The number of anilines is 2. The third-order valence-corrected chi connectivity index (χ3v) is 2.65. The summed E-state index contributed by atoms with van der Waals surface area (Å²) >= 11 is 0. The predicted molar refractivity (Wildman–Crippen MR) is 64.1 cm³/mol. The van der Waals surface area contributed by atoms with Crippen molar-refractivity contribution in [3.05, 3.63) is 17.7 Å². The maximum atomic E-state index is 11.0. The number of rotatable bonds is 2. The average Bonchev–Trinajstić information content (AvgIpc) is 2.27. The van der Waals surface area contributed by atoms with Crippen molar-refractivity contribution in [3.63, 3.8) is 0 Å². The lowest BCUT2D eigenvalue weighted by Crippen LogP contribution is -2.14. The van der Waals surface area contributed by atoms with Gasteiger partial charge in [0, 0.05) is 25.2 Å². The number of aryl methyl sites for hydroxylation is 1. The molecule has 1 heterocycles. The Morgan fingerprint density at radius 2 is 2.31 bits per heavy atom. The molecule has 4 heteroatoms. The molecule has 2 rings (SSSR count). The molecule has 0 saturated heterocycles. The molecule has 0 atom stereocenters. The van der Waals surface area contributed by atoms with Crippen LogP contribution in [-0.4, -0.2) is 19.6 Å². The first-order valence-corrected chi connectivity index (χ1v) is 5.43. The van der Waals surface area contributed by atoms with Crippen LogP contribution in [0.2, 0.25) is 0 Å². The lowest BCUT2D eigenvalue weighted by atomic mass is 10.0. The molecule has 4 nitrogen and oxygen atoms in total. The first kappa shape index (κ1) is 10.8. The molecule has 0 unspecified atom stereocenters. The molecule has 0 saturated carbocycles. The molecule has 0 aromatic heterocycles. The quantitative estimate of drug-likeness (QED) is 0.801. The molecule has 2 N–H and O–H groups in total. The standard InChI is InChI=1S/C12H16N2O2/c1-8(15)14-10-6-9-4-3-5-13-12(9)11(7-10)16-2/h6-7,13H,3-5H2,1-2H3,(H,14,15). The van der Waals surface area contributed by atoms with Crippen molar-refractivity contribution in [2.45, 2.75) is 19.8 Å². The summed E-state index contributed by atoms with van der Waals surface area (Å²) in [5.74, 6) is 0.728. The van der Waals surface area contributed by atoms with Crippen LogP contribution in [0.15, 0.2) is 12.1 Å². The minimum atomic E-state index is -0.0641. The van der Waals surface area contributed by atoms with Gasteiger partial charge in [0.2, 0.25) is 5.91 Å². The summed E-state index contributed by atoms with van der Waals surface area (Å²) in [4.78, 5) is 11.0. The molecule has 0 radical (unpaired) electrons. The maximum Gasteiger partial charge on any atom is 0.221 e. The Labute approximate surface area is 95.0 Å². The van der Waals surface area contributed by atoms with E-state index in [9.17, 15) is 4.79 Å². The first-order chi connectivity index (χ1) is 7.70. The van der Waals surface area contributed by atoms with Gasteiger partial charge in [-0.25, -0.2) is 0 Å². The number of ether oxygens (including phenoxy) is 1. The van der Waals surface area contributed by atoms with Crippen LogP contribution in [0.3, 0.4) is 0 Å². The Morgan fingerprint density at radius 1 is 1.50 bits per heavy atom. The van der Waals surface area contributed by atoms with Gasteiger partial charge >= 0.3 is 0 Å². The van der Waals surface area contributed by atoms with Gasteiger partial charge in [-0.2, -0.15) is 0 Å². The molecule has 0 fully saturated rings. The molecule has 1 aliphatic heterocycles. The van der Waals surface area contributed by atoms with Crippen LogP contribution in [0.5, 0.6) is 5.75 Å². The lowest BCUT2D eigenvalue weighted by molar-refractivity contribution is -0.114. The highest BCUT2D eigenvalue weighted by Gasteiger charge is 2.15. The van der Waals surface area contributed by atoms with E-state index in [2.05, 4.69) is 10.6 Å². The minimum Gasteiger partial charge on any atom is -0.495 e. The second-order valence-electron chi connectivity index (χ2n) is 3.92. The van der Waals surface area contributed by atoms with Crippen LogP contribution in [-0.2, 0) is 11.2 Å². The van der Waals surface area contributed by atoms with E-state index in [4.69, 9.17) is 4.74 Å². The van der Waals surface area contributed by atoms with Gasteiger partial charge in [0.05, 0.1) is 12.8 Å². The number of hydrogen-bond acceptors (Lipinski definition) is 3. The van der Waals surface area contributed by atoms with Crippen LogP contribution >= 0.6 is 0 Å². The summed E-state index contributed by atoms with van der Waals surface area (Å²) in [6, 6.07) is 3.85. The Morgan fingerprint density at radius 3 is 3.00 bits per heavy atom. The van der Waals surface area contributed by atoms with Crippen molar-refractivity contribution in [3.8, 4) is 5.75 Å². The van der Waals surface area contributed by atoms with Gasteiger partial charge in [-0.1, -0.05) is 0 Å². The van der Waals surface area contributed by atoms with E-state index in [0.29, 0.717) is 0 Å². The number of benzene rings is 1. The lowest BCUT2D eigenvalue weighted by Gasteiger charge is -2.21. The van der Waals surface area contributed by atoms with Gasteiger partial charge < -0.3 is 15.4 Å². The topological polar surface area (TPSA) is 50.4 Å². The molecule has 0 spiro atoms. The smallest absolute Gasteiger partial charge is 0.221 e. The SMILES string of the molecule is COc1cc(NC(C)=O)cc2c1NCCC2. The molecule has 0 aliphatic carbocycles. The van der Waals surface area contributed by atoms with Gasteiger partial charge in [0.15, 0.2) is 0 Å². The number of nitrogens with one attached hydrogen (secondary N) is 2. The van der Waals surface area contributed by atoms with Crippen LogP contribution in [0, 0.1) is 0 Å². The van der Waals surface area contributed by atoms with Crippen molar-refractivity contribution in [2.75, 3.05) is 24.3 Å². The number of fused-ring (bicyclic) bond motifs is 1. The Balaban J connectivity index is 2.39. The molecular formula is C12H16N2O2. The summed E-state index contributed by atoms with van der Waals surface area (Å²) in [6.45, 7) is 2.48. The van der Waals surface area contributed by atoms with Gasteiger partial charge in [-0.05, 0) is 24.5 Å². The van der Waals surface area contributed by atoms with Crippen molar-refractivity contribution >= 4 is 17.3 Å². The normalized spacial score (nSPS) is 13.6. The Bertz CT molecular complexity index is 398. The van der Waals surface area contributed by atoms with E-state index < -0.39 is 0 Å². The largest absolute Gasteiger partial charge is 0.495 e. The van der Waals surface area contributed by atoms with Gasteiger partial charge in [-0.15, -0.1) is 0 Å². The van der Waals surface area contributed by atoms with Crippen molar-refractivity contribution < 1.29 is 9.53 Å². The number of hydrogen-bond donors (Lipinski definition) is 2. The Hall–Kier alpha value is -1.71. The third-order valence-electron chi connectivity index (χ3n) is 2.65. The van der Waals surface area contributed by atoms with Crippen LogP contribution in [0.4, 0.5) is 11.4 Å². The monoisotopic (exact) mass is 220 g/mol. The molecule has 1 amide bonds. The number of methoxy groups -OCH3 is 1. The summed E-state index contributed by atoms with van der Waals surface area (Å²) < 4.78 is 5.32. The van der Waals surface area contributed by atoms with Gasteiger partial charge in [0.1, 0.15) is 5.75 Å². The zero-order valence-corrected chi connectivity index (χ0v) is 9.59. The molecule has 1 aliphatic rings. The first-order valence-electron chi connectivity index (χ1n) is 5.43.